The molecular formula is C14H27N3O3. The number of ether oxygens (including phenoxy) is 1. The van der Waals surface area contributed by atoms with E-state index in [-0.39, 0.29) is 0 Å². The van der Waals surface area contributed by atoms with Gasteiger partial charge in [-0.15, -0.1) is 0 Å². The molecule has 1 aromatic heterocycles. The Hall–Kier alpha value is -0.980. The van der Waals surface area contributed by atoms with Gasteiger partial charge in [-0.1, -0.05) is 31.3 Å². The third-order valence-electron chi connectivity index (χ3n) is 2.92. The maximum atomic E-state index is 9.71. The Balaban J connectivity index is 1.91. The summed E-state index contributed by atoms with van der Waals surface area (Å²) < 4.78 is 10.4. The van der Waals surface area contributed by atoms with Gasteiger partial charge in [0.2, 0.25) is 5.89 Å². The minimum atomic E-state index is -0.467. The zero-order valence-corrected chi connectivity index (χ0v) is 12.6. The van der Waals surface area contributed by atoms with Gasteiger partial charge in [-0.25, -0.2) is 0 Å². The van der Waals surface area contributed by atoms with E-state index < -0.39 is 6.10 Å². The van der Waals surface area contributed by atoms with Gasteiger partial charge in [0.15, 0.2) is 5.82 Å². The van der Waals surface area contributed by atoms with E-state index in [9.17, 15) is 5.11 Å². The van der Waals surface area contributed by atoms with Gasteiger partial charge in [-0.3, -0.25) is 0 Å². The molecule has 116 valence electrons. The van der Waals surface area contributed by atoms with E-state index in [4.69, 9.17) is 9.26 Å². The number of hydrogen-bond donors (Lipinski definition) is 2. The summed E-state index contributed by atoms with van der Waals surface area (Å²) in [7, 11) is 0. The molecule has 0 bridgehead atoms. The molecule has 0 aliphatic rings. The van der Waals surface area contributed by atoms with E-state index in [0.29, 0.717) is 37.8 Å². The molecule has 0 aliphatic heterocycles. The molecule has 0 radical (unpaired) electrons. The van der Waals surface area contributed by atoms with E-state index in [2.05, 4.69) is 22.4 Å². The zero-order valence-electron chi connectivity index (χ0n) is 12.6. The summed E-state index contributed by atoms with van der Waals surface area (Å²) in [6, 6.07) is 0. The topological polar surface area (TPSA) is 80.4 Å². The van der Waals surface area contributed by atoms with Crippen LogP contribution >= 0.6 is 0 Å². The highest BCUT2D eigenvalue weighted by molar-refractivity contribution is 4.83. The van der Waals surface area contributed by atoms with E-state index in [1.54, 1.807) is 6.92 Å². The molecule has 1 rings (SSSR count). The Morgan fingerprint density at radius 3 is 2.90 bits per heavy atom. The average molecular weight is 285 g/mol. The number of nitrogens with one attached hydrogen (secondary N) is 1. The molecule has 0 fully saturated rings. The van der Waals surface area contributed by atoms with Gasteiger partial charge in [-0.2, -0.15) is 4.98 Å². The normalized spacial score (nSPS) is 12.8. The van der Waals surface area contributed by atoms with Crippen LogP contribution in [0.3, 0.4) is 0 Å². The molecule has 1 atom stereocenters. The van der Waals surface area contributed by atoms with E-state index >= 15 is 0 Å². The Morgan fingerprint density at radius 1 is 1.35 bits per heavy atom. The summed E-state index contributed by atoms with van der Waals surface area (Å²) in [4.78, 5) is 4.11. The monoisotopic (exact) mass is 285 g/mol. The van der Waals surface area contributed by atoms with Crippen LogP contribution in [0, 0.1) is 6.92 Å². The van der Waals surface area contributed by atoms with Gasteiger partial charge >= 0.3 is 0 Å². The van der Waals surface area contributed by atoms with Crippen LogP contribution in [0.25, 0.3) is 0 Å². The van der Waals surface area contributed by atoms with Crippen LogP contribution in [0.5, 0.6) is 0 Å². The molecule has 0 aliphatic carbocycles. The van der Waals surface area contributed by atoms with Crippen molar-refractivity contribution in [1.29, 1.82) is 0 Å². The third kappa shape index (κ3) is 8.24. The standard InChI is InChI=1S/C14H27N3O3/c1-3-4-5-6-9-19-11-13(18)10-15-8-7-14-16-12(2)17-20-14/h13,15,18H,3-11H2,1-2H3. The maximum absolute atomic E-state index is 9.71. The average Bonchev–Trinajstić information content (AvgIpc) is 2.84. The molecule has 0 saturated heterocycles. The Kier molecular flexibility index (Phi) is 9.19. The number of aliphatic hydroxyl groups is 1. The summed E-state index contributed by atoms with van der Waals surface area (Å²) >= 11 is 0. The first-order valence-electron chi connectivity index (χ1n) is 7.48. The molecule has 1 heterocycles. The minimum Gasteiger partial charge on any atom is -0.389 e. The smallest absolute Gasteiger partial charge is 0.227 e. The van der Waals surface area contributed by atoms with Crippen LogP contribution < -0.4 is 5.32 Å². The molecular weight excluding hydrogens is 258 g/mol. The van der Waals surface area contributed by atoms with Gasteiger partial charge in [0, 0.05) is 26.1 Å². The highest BCUT2D eigenvalue weighted by atomic mass is 16.5. The molecule has 1 aromatic rings. The molecule has 2 N–H and O–H groups in total. The first-order valence-corrected chi connectivity index (χ1v) is 7.48. The molecule has 0 saturated carbocycles. The van der Waals surface area contributed by atoms with E-state index in [1.165, 1.54) is 19.3 Å². The molecule has 1 unspecified atom stereocenters. The lowest BCUT2D eigenvalue weighted by molar-refractivity contribution is 0.0355. The van der Waals surface area contributed by atoms with Crippen molar-refractivity contribution in [3.63, 3.8) is 0 Å². The minimum absolute atomic E-state index is 0.388. The Labute approximate surface area is 120 Å². The van der Waals surface area contributed by atoms with Crippen molar-refractivity contribution >= 4 is 0 Å². The highest BCUT2D eigenvalue weighted by Crippen LogP contribution is 1.99. The fourth-order valence-corrected chi connectivity index (χ4v) is 1.81. The van der Waals surface area contributed by atoms with Crippen molar-refractivity contribution < 1.29 is 14.4 Å². The molecule has 6 nitrogen and oxygen atoms in total. The van der Waals surface area contributed by atoms with E-state index in [0.717, 1.165) is 13.0 Å². The Bertz CT molecular complexity index is 344. The second-order valence-corrected chi connectivity index (χ2v) is 4.98. The SMILES string of the molecule is CCCCCCOCC(O)CNCCc1nc(C)no1. The zero-order chi connectivity index (χ0) is 14.6. The number of rotatable bonds is 12. The summed E-state index contributed by atoms with van der Waals surface area (Å²) in [5.74, 6) is 1.27. The molecule has 0 spiro atoms. The quantitative estimate of drug-likeness (QED) is 0.566. The van der Waals surface area contributed by atoms with Crippen LogP contribution in [0.4, 0.5) is 0 Å². The number of hydrogen-bond acceptors (Lipinski definition) is 6. The van der Waals surface area contributed by atoms with Gasteiger partial charge < -0.3 is 19.7 Å². The van der Waals surface area contributed by atoms with Crippen LogP contribution in [0.15, 0.2) is 4.52 Å². The predicted molar refractivity (Wildman–Crippen MR) is 76.6 cm³/mol. The van der Waals surface area contributed by atoms with Gasteiger partial charge in [-0.05, 0) is 13.3 Å². The van der Waals surface area contributed by atoms with Crippen molar-refractivity contribution in [3.05, 3.63) is 11.7 Å². The summed E-state index contributed by atoms with van der Waals surface area (Å²) in [6.07, 6.45) is 4.96. The van der Waals surface area contributed by atoms with Crippen LogP contribution in [0.2, 0.25) is 0 Å². The highest BCUT2D eigenvalue weighted by Gasteiger charge is 2.05. The number of nitrogens with zero attached hydrogens (tertiary/aromatic N) is 2. The third-order valence-corrected chi connectivity index (χ3v) is 2.92. The lowest BCUT2D eigenvalue weighted by atomic mass is 10.2. The lowest BCUT2D eigenvalue weighted by Gasteiger charge is -2.11. The number of unbranched alkanes of at least 4 members (excludes halogenated alkanes) is 3. The second kappa shape index (κ2) is 10.8. The number of aryl methyl sites for hydroxylation is 1. The molecule has 6 heteroatoms. The van der Waals surface area contributed by atoms with Gasteiger partial charge in [0.1, 0.15) is 0 Å². The maximum Gasteiger partial charge on any atom is 0.227 e. The van der Waals surface area contributed by atoms with Crippen molar-refractivity contribution in [1.82, 2.24) is 15.5 Å². The summed E-state index contributed by atoms with van der Waals surface area (Å²) in [6.45, 7) is 6.32. The Morgan fingerprint density at radius 2 is 2.20 bits per heavy atom. The first kappa shape index (κ1) is 17.1. The van der Waals surface area contributed by atoms with Crippen molar-refractivity contribution in [2.24, 2.45) is 0 Å². The van der Waals surface area contributed by atoms with Crippen molar-refractivity contribution in [2.45, 2.75) is 52.1 Å². The summed E-state index contributed by atoms with van der Waals surface area (Å²) in [5.41, 5.74) is 0. The molecule has 20 heavy (non-hydrogen) atoms. The number of aromatic nitrogens is 2. The fourth-order valence-electron chi connectivity index (χ4n) is 1.81. The van der Waals surface area contributed by atoms with Gasteiger partial charge in [0.25, 0.3) is 0 Å². The van der Waals surface area contributed by atoms with E-state index in [1.807, 2.05) is 0 Å². The predicted octanol–water partition coefficient (Wildman–Crippen LogP) is 1.47. The largest absolute Gasteiger partial charge is 0.389 e. The number of aliphatic hydroxyl groups excluding tert-OH is 1. The van der Waals surface area contributed by atoms with Crippen LogP contribution in [-0.2, 0) is 11.2 Å². The van der Waals surface area contributed by atoms with Crippen LogP contribution in [-0.4, -0.2) is 47.7 Å². The van der Waals surface area contributed by atoms with Crippen molar-refractivity contribution in [2.75, 3.05) is 26.3 Å². The van der Waals surface area contributed by atoms with Crippen molar-refractivity contribution in [3.8, 4) is 0 Å². The van der Waals surface area contributed by atoms with Gasteiger partial charge in [0.05, 0.1) is 12.7 Å². The summed E-state index contributed by atoms with van der Waals surface area (Å²) in [5, 5.41) is 16.6. The second-order valence-electron chi connectivity index (χ2n) is 4.98. The first-order chi connectivity index (χ1) is 9.72. The molecule has 0 aromatic carbocycles. The lowest BCUT2D eigenvalue weighted by Crippen LogP contribution is -2.31. The van der Waals surface area contributed by atoms with Crippen LogP contribution in [0.1, 0.15) is 44.3 Å². The fraction of sp³-hybridized carbons (Fsp3) is 0.857. The molecule has 0 amide bonds.